The molecule has 1 atom stereocenters. The van der Waals surface area contributed by atoms with Crippen molar-refractivity contribution in [1.82, 2.24) is 5.32 Å². The number of hydrogen-bond donors (Lipinski definition) is 2. The number of carbonyl (C=O) groups excluding carboxylic acids is 1. The maximum absolute atomic E-state index is 12.1. The van der Waals surface area contributed by atoms with Crippen LogP contribution in [-0.4, -0.2) is 12.5 Å². The van der Waals surface area contributed by atoms with Crippen molar-refractivity contribution in [3.63, 3.8) is 0 Å². The number of carbonyl (C=O) groups is 1. The van der Waals surface area contributed by atoms with Gasteiger partial charge in [0.15, 0.2) is 0 Å². The summed E-state index contributed by atoms with van der Waals surface area (Å²) in [5, 5.41) is 6.83. The molecule has 116 valence electrons. The van der Waals surface area contributed by atoms with Crippen molar-refractivity contribution in [1.29, 1.82) is 0 Å². The molecule has 22 heavy (non-hydrogen) atoms. The summed E-state index contributed by atoms with van der Waals surface area (Å²) in [4.78, 5) is 12.1. The van der Waals surface area contributed by atoms with Gasteiger partial charge >= 0.3 is 0 Å². The van der Waals surface area contributed by atoms with Gasteiger partial charge in [0.25, 0.3) is 0 Å². The summed E-state index contributed by atoms with van der Waals surface area (Å²) in [5.41, 5.74) is 4.17. The van der Waals surface area contributed by atoms with Crippen molar-refractivity contribution in [2.75, 3.05) is 11.9 Å². The Morgan fingerprint density at radius 2 is 1.95 bits per heavy atom. The van der Waals surface area contributed by atoms with Gasteiger partial charge in [-0.3, -0.25) is 4.79 Å². The SMILES string of the molecule is Cc1ccc(NC(=O)CN[C@H](C)c2cccc(Cl)c2)c(C)c1. The highest BCUT2D eigenvalue weighted by Gasteiger charge is 2.09. The van der Waals surface area contributed by atoms with Crippen LogP contribution in [0, 0.1) is 13.8 Å². The van der Waals surface area contributed by atoms with Gasteiger partial charge in [-0.05, 0) is 50.1 Å². The van der Waals surface area contributed by atoms with Crippen LogP contribution in [0.5, 0.6) is 0 Å². The fourth-order valence-electron chi connectivity index (χ4n) is 2.29. The standard InChI is InChI=1S/C18H21ClN2O/c1-12-7-8-17(13(2)9-12)21-18(22)11-20-14(3)15-5-4-6-16(19)10-15/h4-10,14,20H,11H2,1-3H3,(H,21,22)/t14-/m1/s1. The topological polar surface area (TPSA) is 41.1 Å². The molecule has 3 nitrogen and oxygen atoms in total. The van der Waals surface area contributed by atoms with E-state index in [1.807, 2.05) is 57.2 Å². The normalized spacial score (nSPS) is 12.0. The molecule has 2 N–H and O–H groups in total. The number of anilines is 1. The number of hydrogen-bond acceptors (Lipinski definition) is 2. The van der Waals surface area contributed by atoms with Crippen LogP contribution < -0.4 is 10.6 Å². The minimum atomic E-state index is -0.0548. The second-order valence-electron chi connectivity index (χ2n) is 5.52. The second-order valence-corrected chi connectivity index (χ2v) is 5.96. The Balaban J connectivity index is 1.90. The van der Waals surface area contributed by atoms with Gasteiger partial charge in [0.2, 0.25) is 5.91 Å². The summed E-state index contributed by atoms with van der Waals surface area (Å²) in [6.07, 6.45) is 0. The number of amides is 1. The van der Waals surface area contributed by atoms with Crippen LogP contribution in [0.25, 0.3) is 0 Å². The van der Waals surface area contributed by atoms with Crippen LogP contribution in [0.15, 0.2) is 42.5 Å². The first-order valence-electron chi connectivity index (χ1n) is 7.31. The lowest BCUT2D eigenvalue weighted by molar-refractivity contribution is -0.115. The average molecular weight is 317 g/mol. The fraction of sp³-hybridized carbons (Fsp3) is 0.278. The minimum absolute atomic E-state index is 0.0548. The van der Waals surface area contributed by atoms with E-state index in [9.17, 15) is 4.79 Å². The van der Waals surface area contributed by atoms with E-state index < -0.39 is 0 Å². The number of aryl methyl sites for hydroxylation is 2. The highest BCUT2D eigenvalue weighted by Crippen LogP contribution is 2.18. The molecule has 0 aliphatic rings. The molecule has 0 heterocycles. The monoisotopic (exact) mass is 316 g/mol. The smallest absolute Gasteiger partial charge is 0.238 e. The van der Waals surface area contributed by atoms with Crippen LogP contribution in [-0.2, 0) is 4.79 Å². The van der Waals surface area contributed by atoms with E-state index in [1.54, 1.807) is 0 Å². The maximum Gasteiger partial charge on any atom is 0.238 e. The van der Waals surface area contributed by atoms with Crippen LogP contribution in [0.4, 0.5) is 5.69 Å². The Kier molecular flexibility index (Phi) is 5.58. The van der Waals surface area contributed by atoms with Crippen molar-refractivity contribution in [2.24, 2.45) is 0 Å². The van der Waals surface area contributed by atoms with Crippen LogP contribution >= 0.6 is 11.6 Å². The van der Waals surface area contributed by atoms with Crippen LogP contribution in [0.3, 0.4) is 0 Å². The first kappa shape index (κ1) is 16.5. The summed E-state index contributed by atoms with van der Waals surface area (Å²) >= 11 is 5.98. The van der Waals surface area contributed by atoms with E-state index in [1.165, 1.54) is 5.56 Å². The summed E-state index contributed by atoms with van der Waals surface area (Å²) in [7, 11) is 0. The predicted molar refractivity (Wildman–Crippen MR) is 92.4 cm³/mol. The Bertz CT molecular complexity index is 670. The molecule has 0 saturated carbocycles. The van der Waals surface area contributed by atoms with Gasteiger partial charge in [0.05, 0.1) is 6.54 Å². The zero-order chi connectivity index (χ0) is 16.1. The summed E-state index contributed by atoms with van der Waals surface area (Å²) in [5.74, 6) is -0.0548. The molecule has 4 heteroatoms. The molecule has 0 saturated heterocycles. The lowest BCUT2D eigenvalue weighted by Gasteiger charge is -2.15. The molecule has 0 radical (unpaired) electrons. The number of nitrogens with one attached hydrogen (secondary N) is 2. The number of halogens is 1. The molecule has 2 aromatic carbocycles. The molecule has 2 rings (SSSR count). The summed E-state index contributed by atoms with van der Waals surface area (Å²) < 4.78 is 0. The third-order valence-electron chi connectivity index (χ3n) is 3.57. The molecule has 0 aliphatic carbocycles. The van der Waals surface area contributed by atoms with Crippen LogP contribution in [0.2, 0.25) is 5.02 Å². The second kappa shape index (κ2) is 7.43. The molecule has 1 amide bonds. The van der Waals surface area contributed by atoms with Gasteiger partial charge in [-0.1, -0.05) is 41.4 Å². The van der Waals surface area contributed by atoms with Gasteiger partial charge < -0.3 is 10.6 Å². The molecule has 0 aromatic heterocycles. The molecule has 0 bridgehead atoms. The first-order valence-corrected chi connectivity index (χ1v) is 7.69. The lowest BCUT2D eigenvalue weighted by Crippen LogP contribution is -2.30. The molecular formula is C18H21ClN2O. The largest absolute Gasteiger partial charge is 0.325 e. The summed E-state index contributed by atoms with van der Waals surface area (Å²) in [6.45, 7) is 6.29. The zero-order valence-electron chi connectivity index (χ0n) is 13.1. The van der Waals surface area contributed by atoms with E-state index in [0.717, 1.165) is 16.8 Å². The highest BCUT2D eigenvalue weighted by atomic mass is 35.5. The van der Waals surface area contributed by atoms with Gasteiger partial charge in [-0.15, -0.1) is 0 Å². The van der Waals surface area contributed by atoms with E-state index in [4.69, 9.17) is 11.6 Å². The first-order chi connectivity index (χ1) is 10.5. The van der Waals surface area contributed by atoms with Crippen molar-refractivity contribution >= 4 is 23.2 Å². The maximum atomic E-state index is 12.1. The molecule has 0 unspecified atom stereocenters. The third kappa shape index (κ3) is 4.58. The zero-order valence-corrected chi connectivity index (χ0v) is 13.9. The van der Waals surface area contributed by atoms with Crippen molar-refractivity contribution in [2.45, 2.75) is 26.8 Å². The minimum Gasteiger partial charge on any atom is -0.325 e. The Morgan fingerprint density at radius 3 is 2.64 bits per heavy atom. The van der Waals surface area contributed by atoms with E-state index in [2.05, 4.69) is 16.7 Å². The molecule has 2 aromatic rings. The molecule has 0 spiro atoms. The number of benzene rings is 2. The van der Waals surface area contributed by atoms with Crippen molar-refractivity contribution in [3.05, 3.63) is 64.2 Å². The Labute approximate surface area is 136 Å². The van der Waals surface area contributed by atoms with E-state index in [-0.39, 0.29) is 18.5 Å². The third-order valence-corrected chi connectivity index (χ3v) is 3.81. The van der Waals surface area contributed by atoms with Crippen molar-refractivity contribution in [3.8, 4) is 0 Å². The fourth-order valence-corrected chi connectivity index (χ4v) is 2.49. The number of rotatable bonds is 5. The van der Waals surface area contributed by atoms with E-state index in [0.29, 0.717) is 5.02 Å². The quantitative estimate of drug-likeness (QED) is 0.866. The van der Waals surface area contributed by atoms with Crippen LogP contribution in [0.1, 0.15) is 29.7 Å². The van der Waals surface area contributed by atoms with Gasteiger partial charge in [-0.2, -0.15) is 0 Å². The highest BCUT2D eigenvalue weighted by molar-refractivity contribution is 6.30. The molecule has 0 fully saturated rings. The lowest BCUT2D eigenvalue weighted by atomic mass is 10.1. The molecular weight excluding hydrogens is 296 g/mol. The predicted octanol–water partition coefficient (Wildman–Crippen LogP) is 4.25. The van der Waals surface area contributed by atoms with Crippen molar-refractivity contribution < 1.29 is 4.79 Å². The molecule has 0 aliphatic heterocycles. The van der Waals surface area contributed by atoms with Gasteiger partial charge in [0.1, 0.15) is 0 Å². The average Bonchev–Trinajstić information content (AvgIpc) is 2.47. The van der Waals surface area contributed by atoms with Gasteiger partial charge in [0, 0.05) is 16.8 Å². The summed E-state index contributed by atoms with van der Waals surface area (Å²) in [6, 6.07) is 13.7. The van der Waals surface area contributed by atoms with E-state index >= 15 is 0 Å². The Morgan fingerprint density at radius 1 is 1.18 bits per heavy atom. The van der Waals surface area contributed by atoms with Gasteiger partial charge in [-0.25, -0.2) is 0 Å². The Hall–Kier alpha value is -1.84.